The molecule has 1 aromatic rings. The molecule has 9 heteroatoms. The summed E-state index contributed by atoms with van der Waals surface area (Å²) >= 11 is 3.40. The number of ether oxygens (including phenoxy) is 3. The first-order valence-electron chi connectivity index (χ1n) is 8.41. The van der Waals surface area contributed by atoms with E-state index in [1.165, 1.54) is 7.11 Å². The fraction of sp³-hybridized carbons (Fsp3) is 0.389. The molecule has 0 spiro atoms. The van der Waals surface area contributed by atoms with Crippen LogP contribution in [-0.4, -0.2) is 49.7 Å². The van der Waals surface area contributed by atoms with Crippen molar-refractivity contribution in [3.05, 3.63) is 27.9 Å². The summed E-state index contributed by atoms with van der Waals surface area (Å²) in [6.45, 7) is 3.97. The van der Waals surface area contributed by atoms with Crippen molar-refractivity contribution in [3.63, 3.8) is 0 Å². The second-order valence-corrected chi connectivity index (χ2v) is 6.42. The lowest BCUT2D eigenvalue weighted by atomic mass is 10.1. The normalized spacial score (nSPS) is 15.1. The van der Waals surface area contributed by atoms with E-state index in [2.05, 4.69) is 21.2 Å². The van der Waals surface area contributed by atoms with E-state index in [-0.39, 0.29) is 24.8 Å². The maximum absolute atomic E-state index is 12.3. The van der Waals surface area contributed by atoms with Crippen LogP contribution in [0, 0.1) is 0 Å². The van der Waals surface area contributed by atoms with Gasteiger partial charge in [0.1, 0.15) is 5.70 Å². The zero-order valence-electron chi connectivity index (χ0n) is 15.3. The Morgan fingerprint density at radius 1 is 1.26 bits per heavy atom. The number of nitrogens with zero attached hydrogens (tertiary/aromatic N) is 1. The van der Waals surface area contributed by atoms with Gasteiger partial charge in [-0.25, -0.2) is 9.59 Å². The standard InChI is InChI=1S/C18H21BrN2O6/c1-4-6-21-17(23)13(20-18(21)24)7-11-8-14(25-3)15(9-12(11)19)27-10-16(22)26-5-2/h7-9H,4-6,10H2,1-3H3,(H,20,24)/b13-7+. The predicted molar refractivity (Wildman–Crippen MR) is 101 cm³/mol. The van der Waals surface area contributed by atoms with Crippen molar-refractivity contribution in [1.82, 2.24) is 10.2 Å². The first kappa shape index (κ1) is 20.8. The summed E-state index contributed by atoms with van der Waals surface area (Å²) in [7, 11) is 1.46. The molecule has 1 aromatic carbocycles. The number of esters is 1. The minimum absolute atomic E-state index is 0.177. The summed E-state index contributed by atoms with van der Waals surface area (Å²) in [6.07, 6.45) is 2.23. The highest BCUT2D eigenvalue weighted by atomic mass is 79.9. The van der Waals surface area contributed by atoms with Crippen LogP contribution < -0.4 is 14.8 Å². The topological polar surface area (TPSA) is 94.2 Å². The van der Waals surface area contributed by atoms with E-state index in [1.54, 1.807) is 25.1 Å². The van der Waals surface area contributed by atoms with Crippen LogP contribution in [0.4, 0.5) is 4.79 Å². The Bertz CT molecular complexity index is 777. The highest BCUT2D eigenvalue weighted by Crippen LogP contribution is 2.35. The Hall–Kier alpha value is -2.55. The summed E-state index contributed by atoms with van der Waals surface area (Å²) < 4.78 is 16.2. The average molecular weight is 441 g/mol. The van der Waals surface area contributed by atoms with Gasteiger partial charge in [-0.15, -0.1) is 0 Å². The van der Waals surface area contributed by atoms with Crippen LogP contribution in [-0.2, 0) is 14.3 Å². The Kier molecular flexibility index (Phi) is 7.23. The van der Waals surface area contributed by atoms with Gasteiger partial charge in [-0.05, 0) is 37.1 Å². The Morgan fingerprint density at radius 3 is 2.63 bits per heavy atom. The highest BCUT2D eigenvalue weighted by molar-refractivity contribution is 9.10. The first-order chi connectivity index (χ1) is 12.9. The van der Waals surface area contributed by atoms with Crippen LogP contribution in [0.2, 0.25) is 0 Å². The first-order valence-corrected chi connectivity index (χ1v) is 9.21. The molecule has 1 fully saturated rings. The number of halogens is 1. The second-order valence-electron chi connectivity index (χ2n) is 5.56. The van der Waals surface area contributed by atoms with Crippen LogP contribution >= 0.6 is 15.9 Å². The molecule has 1 N–H and O–H groups in total. The summed E-state index contributed by atoms with van der Waals surface area (Å²) in [5, 5.41) is 2.56. The largest absolute Gasteiger partial charge is 0.493 e. The van der Waals surface area contributed by atoms with Gasteiger partial charge in [-0.3, -0.25) is 9.69 Å². The molecule has 0 bridgehead atoms. The van der Waals surface area contributed by atoms with E-state index in [4.69, 9.17) is 14.2 Å². The highest BCUT2D eigenvalue weighted by Gasteiger charge is 2.32. The lowest BCUT2D eigenvalue weighted by Gasteiger charge is -2.12. The molecular weight excluding hydrogens is 420 g/mol. The fourth-order valence-corrected chi connectivity index (χ4v) is 2.86. The number of urea groups is 1. The van der Waals surface area contributed by atoms with E-state index >= 15 is 0 Å². The van der Waals surface area contributed by atoms with Crippen molar-refractivity contribution in [3.8, 4) is 11.5 Å². The lowest BCUT2D eigenvalue weighted by Crippen LogP contribution is -2.31. The molecule has 27 heavy (non-hydrogen) atoms. The predicted octanol–water partition coefficient (Wildman–Crippen LogP) is 2.70. The lowest BCUT2D eigenvalue weighted by molar-refractivity contribution is -0.145. The minimum atomic E-state index is -0.489. The van der Waals surface area contributed by atoms with Crippen molar-refractivity contribution in [2.75, 3.05) is 26.9 Å². The number of hydrogen-bond donors (Lipinski definition) is 1. The molecule has 146 valence electrons. The molecule has 8 nitrogen and oxygen atoms in total. The van der Waals surface area contributed by atoms with Gasteiger partial charge in [-0.2, -0.15) is 0 Å². The quantitative estimate of drug-likeness (QED) is 0.379. The maximum Gasteiger partial charge on any atom is 0.344 e. The van der Waals surface area contributed by atoms with Crippen LogP contribution in [0.3, 0.4) is 0 Å². The smallest absolute Gasteiger partial charge is 0.344 e. The molecule has 1 aliphatic heterocycles. The van der Waals surface area contributed by atoms with E-state index in [1.807, 2.05) is 6.92 Å². The second kappa shape index (κ2) is 9.40. The van der Waals surface area contributed by atoms with Crippen molar-refractivity contribution in [1.29, 1.82) is 0 Å². The molecule has 0 unspecified atom stereocenters. The van der Waals surface area contributed by atoms with Crippen molar-refractivity contribution < 1.29 is 28.6 Å². The minimum Gasteiger partial charge on any atom is -0.493 e. The van der Waals surface area contributed by atoms with E-state index in [0.717, 1.165) is 4.90 Å². The fourth-order valence-electron chi connectivity index (χ4n) is 2.43. The van der Waals surface area contributed by atoms with Crippen molar-refractivity contribution >= 4 is 39.9 Å². The molecular formula is C18H21BrN2O6. The summed E-state index contributed by atoms with van der Waals surface area (Å²) in [5.41, 5.74) is 0.786. The number of hydrogen-bond acceptors (Lipinski definition) is 6. The van der Waals surface area contributed by atoms with Crippen molar-refractivity contribution in [2.45, 2.75) is 20.3 Å². The monoisotopic (exact) mass is 440 g/mol. The third-order valence-corrected chi connectivity index (χ3v) is 4.33. The molecule has 2 rings (SSSR count). The zero-order chi connectivity index (χ0) is 20.0. The van der Waals surface area contributed by atoms with Gasteiger partial charge in [-0.1, -0.05) is 22.9 Å². The van der Waals surface area contributed by atoms with Gasteiger partial charge in [0.25, 0.3) is 5.91 Å². The van der Waals surface area contributed by atoms with Crippen LogP contribution in [0.15, 0.2) is 22.3 Å². The molecule has 1 heterocycles. The number of imide groups is 1. The van der Waals surface area contributed by atoms with Gasteiger partial charge >= 0.3 is 12.0 Å². The molecule has 0 aliphatic carbocycles. The average Bonchev–Trinajstić information content (AvgIpc) is 2.89. The van der Waals surface area contributed by atoms with Crippen LogP contribution in [0.1, 0.15) is 25.8 Å². The number of methoxy groups -OCH3 is 1. The zero-order valence-corrected chi connectivity index (χ0v) is 16.9. The number of carbonyl (C=O) groups excluding carboxylic acids is 3. The van der Waals surface area contributed by atoms with Gasteiger partial charge in [0.2, 0.25) is 0 Å². The summed E-state index contributed by atoms with van der Waals surface area (Å²) in [4.78, 5) is 36.8. The number of benzene rings is 1. The SMILES string of the molecule is CCCN1C(=O)N/C(=C/c2cc(OC)c(OCC(=O)OCC)cc2Br)C1=O. The molecule has 0 aromatic heterocycles. The van der Waals surface area contributed by atoms with Gasteiger partial charge in [0.15, 0.2) is 18.1 Å². The molecule has 0 atom stereocenters. The molecule has 0 saturated carbocycles. The third-order valence-electron chi connectivity index (χ3n) is 3.64. The van der Waals surface area contributed by atoms with Gasteiger partial charge in [0.05, 0.1) is 13.7 Å². The molecule has 0 radical (unpaired) electrons. The number of carbonyl (C=O) groups is 3. The van der Waals surface area contributed by atoms with E-state index in [9.17, 15) is 14.4 Å². The van der Waals surface area contributed by atoms with Crippen molar-refractivity contribution in [2.24, 2.45) is 0 Å². The summed E-state index contributed by atoms with van der Waals surface area (Å²) in [6, 6.07) is 2.82. The molecule has 3 amide bonds. The number of rotatable bonds is 8. The Labute approximate surface area is 165 Å². The number of amides is 3. The summed E-state index contributed by atoms with van der Waals surface area (Å²) in [5.74, 6) is -0.155. The van der Waals surface area contributed by atoms with E-state index < -0.39 is 12.0 Å². The Morgan fingerprint density at radius 2 is 2.00 bits per heavy atom. The maximum atomic E-state index is 12.3. The van der Waals surface area contributed by atoms with Gasteiger partial charge in [0, 0.05) is 11.0 Å². The Balaban J connectivity index is 2.25. The van der Waals surface area contributed by atoms with E-state index in [0.29, 0.717) is 34.5 Å². The number of nitrogens with one attached hydrogen (secondary N) is 1. The molecule has 1 saturated heterocycles. The van der Waals surface area contributed by atoms with Crippen LogP contribution in [0.25, 0.3) is 6.08 Å². The third kappa shape index (κ3) is 5.00. The molecule has 1 aliphatic rings. The van der Waals surface area contributed by atoms with Crippen LogP contribution in [0.5, 0.6) is 11.5 Å². The van der Waals surface area contributed by atoms with Gasteiger partial charge < -0.3 is 19.5 Å².